The normalized spacial score (nSPS) is 12.8. The van der Waals surface area contributed by atoms with E-state index < -0.39 is 56.0 Å². The summed E-state index contributed by atoms with van der Waals surface area (Å²) in [6.45, 7) is -2.18. The number of carboxylic acids is 3. The molecule has 0 aliphatic rings. The Balaban J connectivity index is -0.000000108. The van der Waals surface area contributed by atoms with Gasteiger partial charge in [-0.05, 0) is 0 Å². The molecule has 0 heterocycles. The first-order chi connectivity index (χ1) is 9.54. The third-order valence-electron chi connectivity index (χ3n) is 1.37. The van der Waals surface area contributed by atoms with Crippen LogP contribution in [0.4, 0.5) is 0 Å². The van der Waals surface area contributed by atoms with Gasteiger partial charge in [0.15, 0.2) is 18.3 Å². The average Bonchev–Trinajstić information content (AvgIpc) is 2.45. The Bertz CT molecular complexity index is 261. The van der Waals surface area contributed by atoms with E-state index in [1.807, 2.05) is 0 Å². The van der Waals surface area contributed by atoms with E-state index in [1.54, 1.807) is 0 Å². The summed E-state index contributed by atoms with van der Waals surface area (Å²) in [6.07, 6.45) is -4.88. The largest absolute Gasteiger partial charge is 0.479 e. The first-order valence-electron chi connectivity index (χ1n) is 5.10. The maximum atomic E-state index is 9.52. The minimum atomic E-state index is -1.63. The Morgan fingerprint density at radius 1 is 0.591 bits per heavy atom. The molecule has 22 heavy (non-hydrogen) atoms. The Labute approximate surface area is 156 Å². The molecule has 3 unspecified atom stereocenters. The number of aliphatic carboxylic acids is 3. The third kappa shape index (κ3) is 21.8. The van der Waals surface area contributed by atoms with Crippen LogP contribution in [0, 0.1) is 40.4 Å². The average molecular weight is 469 g/mol. The van der Waals surface area contributed by atoms with Crippen molar-refractivity contribution in [2.45, 2.75) is 18.3 Å². The molecule has 0 spiro atoms. The summed E-state index contributed by atoms with van der Waals surface area (Å²) < 4.78 is 0. The van der Waals surface area contributed by atoms with Gasteiger partial charge in [0.2, 0.25) is 0 Å². The van der Waals surface area contributed by atoms with Crippen molar-refractivity contribution in [1.82, 2.24) is 0 Å². The molecule has 0 aromatic heterocycles. The molecule has 0 rings (SSSR count). The van der Waals surface area contributed by atoms with Gasteiger partial charge in [0.25, 0.3) is 0 Å². The van der Waals surface area contributed by atoms with Crippen LogP contribution in [-0.2, 0) is 14.4 Å². The zero-order valence-electron chi connectivity index (χ0n) is 11.0. The number of carboxylic acid groups (broad SMARTS) is 3. The molecule has 0 aliphatic heterocycles. The molecule has 0 saturated heterocycles. The zero-order valence-corrected chi connectivity index (χ0v) is 13.6. The summed E-state index contributed by atoms with van der Waals surface area (Å²) in [7, 11) is 0. The molecule has 0 amide bonds. The van der Waals surface area contributed by atoms with Gasteiger partial charge in [0.1, 0.15) is 0 Å². The summed E-state index contributed by atoms with van der Waals surface area (Å²) in [5, 5.41) is 71.2. The molecule has 0 bridgehead atoms. The molecule has 132 valence electrons. The summed E-state index contributed by atoms with van der Waals surface area (Å²) >= 11 is 0. The predicted octanol–water partition coefficient (Wildman–Crippen LogP) is -4.73. The van der Waals surface area contributed by atoms with Gasteiger partial charge in [0.05, 0.1) is 19.8 Å². The van der Waals surface area contributed by atoms with Crippen molar-refractivity contribution in [3.8, 4) is 0 Å². The molecule has 0 radical (unpaired) electrons. The Kier molecular flexibility index (Phi) is 24.9. The standard InChI is InChI=1S/3C3H6O4.Sm/c3*4-1-2(5)3(6)7;/h3*2,4-5H,1H2,(H,6,7);. The second-order valence-electron chi connectivity index (χ2n) is 3.11. The van der Waals surface area contributed by atoms with Gasteiger partial charge in [-0.25, -0.2) is 14.4 Å². The first-order valence-corrected chi connectivity index (χ1v) is 5.10. The summed E-state index contributed by atoms with van der Waals surface area (Å²) in [4.78, 5) is 28.6. The van der Waals surface area contributed by atoms with Crippen molar-refractivity contribution in [2.24, 2.45) is 0 Å². The Hall–Kier alpha value is -0.492. The van der Waals surface area contributed by atoms with Crippen LogP contribution in [0.15, 0.2) is 0 Å². The molecule has 3 atom stereocenters. The molecule has 12 nitrogen and oxygen atoms in total. The second-order valence-corrected chi connectivity index (χ2v) is 3.11. The minimum absolute atomic E-state index is 0. The number of rotatable bonds is 6. The maximum Gasteiger partial charge on any atom is 0.334 e. The van der Waals surface area contributed by atoms with E-state index in [0.29, 0.717) is 0 Å². The van der Waals surface area contributed by atoms with E-state index in [2.05, 4.69) is 0 Å². The minimum Gasteiger partial charge on any atom is -0.479 e. The van der Waals surface area contributed by atoms with E-state index in [0.717, 1.165) is 0 Å². The van der Waals surface area contributed by atoms with Gasteiger partial charge >= 0.3 is 17.9 Å². The Morgan fingerprint density at radius 3 is 0.727 bits per heavy atom. The van der Waals surface area contributed by atoms with E-state index in [9.17, 15) is 14.4 Å². The summed E-state index contributed by atoms with van der Waals surface area (Å²) in [6, 6.07) is 0. The van der Waals surface area contributed by atoms with Gasteiger partial charge in [-0.3, -0.25) is 0 Å². The molecule has 0 aromatic rings. The summed E-state index contributed by atoms with van der Waals surface area (Å²) in [5.41, 5.74) is 0. The topological polar surface area (TPSA) is 233 Å². The fraction of sp³-hybridized carbons (Fsp3) is 0.667. The number of carbonyl (C=O) groups is 3. The molecule has 9 N–H and O–H groups in total. The maximum absolute atomic E-state index is 9.52. The summed E-state index contributed by atoms with van der Waals surface area (Å²) in [5.74, 6) is -4.20. The van der Waals surface area contributed by atoms with Crippen molar-refractivity contribution in [2.75, 3.05) is 19.8 Å². The first kappa shape index (κ1) is 29.5. The smallest absolute Gasteiger partial charge is 0.334 e. The fourth-order valence-electron chi connectivity index (χ4n) is 0.234. The van der Waals surface area contributed by atoms with Crippen LogP contribution in [0.5, 0.6) is 0 Å². The molecule has 0 fully saturated rings. The van der Waals surface area contributed by atoms with Gasteiger partial charge in [0, 0.05) is 40.4 Å². The number of hydrogen-bond acceptors (Lipinski definition) is 9. The van der Waals surface area contributed by atoms with Crippen LogP contribution in [0.3, 0.4) is 0 Å². The monoisotopic (exact) mass is 470 g/mol. The number of aliphatic hydroxyl groups is 6. The van der Waals surface area contributed by atoms with E-state index >= 15 is 0 Å². The van der Waals surface area contributed by atoms with E-state index in [-0.39, 0.29) is 40.4 Å². The molecule has 0 aliphatic carbocycles. The van der Waals surface area contributed by atoms with Crippen LogP contribution in [0.2, 0.25) is 0 Å². The van der Waals surface area contributed by atoms with Crippen LogP contribution in [-0.4, -0.2) is 102 Å². The molecule has 13 heteroatoms. The van der Waals surface area contributed by atoms with Crippen LogP contribution in [0.25, 0.3) is 0 Å². The zero-order chi connectivity index (χ0) is 17.6. The van der Waals surface area contributed by atoms with Gasteiger partial charge < -0.3 is 46.0 Å². The van der Waals surface area contributed by atoms with E-state index in [1.165, 1.54) is 0 Å². The van der Waals surface area contributed by atoms with Crippen molar-refractivity contribution in [3.63, 3.8) is 0 Å². The second kappa shape index (κ2) is 18.6. The SMILES string of the molecule is O=C(O)C(O)CO.O=C(O)C(O)CO.O=C(O)C(O)CO.[Sm]. The fourth-order valence-corrected chi connectivity index (χ4v) is 0.234. The van der Waals surface area contributed by atoms with Crippen molar-refractivity contribution in [1.29, 1.82) is 0 Å². The van der Waals surface area contributed by atoms with Crippen molar-refractivity contribution >= 4 is 17.9 Å². The molecule has 0 saturated carbocycles. The van der Waals surface area contributed by atoms with Crippen LogP contribution >= 0.6 is 0 Å². The number of aliphatic hydroxyl groups excluding tert-OH is 6. The van der Waals surface area contributed by atoms with Crippen molar-refractivity contribution < 1.29 is 101 Å². The number of hydrogen-bond donors (Lipinski definition) is 9. The quantitative estimate of drug-likeness (QED) is 0.179. The van der Waals surface area contributed by atoms with Gasteiger partial charge in [-0.15, -0.1) is 0 Å². The van der Waals surface area contributed by atoms with Crippen LogP contribution in [0.1, 0.15) is 0 Å². The van der Waals surface area contributed by atoms with Crippen molar-refractivity contribution in [3.05, 3.63) is 0 Å². The Morgan fingerprint density at radius 2 is 0.727 bits per heavy atom. The van der Waals surface area contributed by atoms with E-state index in [4.69, 9.17) is 46.0 Å². The third-order valence-corrected chi connectivity index (χ3v) is 1.37. The van der Waals surface area contributed by atoms with Gasteiger partial charge in [-0.1, -0.05) is 0 Å². The molecular weight excluding hydrogens is 450 g/mol. The van der Waals surface area contributed by atoms with Gasteiger partial charge in [-0.2, -0.15) is 0 Å². The predicted molar refractivity (Wildman–Crippen MR) is 62.2 cm³/mol. The molecular formula is C9H18O12Sm. The molecule has 0 aromatic carbocycles. The van der Waals surface area contributed by atoms with Crippen LogP contribution < -0.4 is 0 Å².